The van der Waals surface area contributed by atoms with E-state index in [1.54, 1.807) is 0 Å². The van der Waals surface area contributed by atoms with Gasteiger partial charge in [-0.15, -0.1) is 0 Å². The molecule has 1 aromatic rings. The van der Waals surface area contributed by atoms with Crippen LogP contribution in [0.1, 0.15) is 17.9 Å². The molecule has 2 aliphatic carbocycles. The molecule has 1 aromatic carbocycles. The van der Waals surface area contributed by atoms with Crippen molar-refractivity contribution in [2.75, 3.05) is 19.0 Å². The second-order valence-electron chi connectivity index (χ2n) is 6.25. The van der Waals surface area contributed by atoms with E-state index >= 15 is 0 Å². The number of hydrogen-bond acceptors (Lipinski definition) is 3. The zero-order valence-corrected chi connectivity index (χ0v) is 14.0. The molecule has 0 heterocycles. The lowest BCUT2D eigenvalue weighted by Gasteiger charge is -2.33. The fraction of sp³-hybridized carbons (Fsp3) is 0.412. The van der Waals surface area contributed by atoms with Crippen molar-refractivity contribution in [2.45, 2.75) is 12.3 Å². The Balaban J connectivity index is 2.13. The van der Waals surface area contributed by atoms with E-state index in [0.717, 1.165) is 22.1 Å². The first-order valence-electron chi connectivity index (χ1n) is 7.21. The fourth-order valence-electron chi connectivity index (χ4n) is 3.89. The van der Waals surface area contributed by atoms with E-state index in [1.165, 1.54) is 0 Å². The summed E-state index contributed by atoms with van der Waals surface area (Å²) in [5.74, 6) is -1.41. The van der Waals surface area contributed by atoms with Gasteiger partial charge in [-0.05, 0) is 30.0 Å². The van der Waals surface area contributed by atoms with Crippen LogP contribution in [0.4, 0.5) is 5.69 Å². The van der Waals surface area contributed by atoms with Gasteiger partial charge in [0.1, 0.15) is 0 Å². The number of fused-ring (bicyclic) bond motifs is 2. The highest BCUT2D eigenvalue weighted by molar-refractivity contribution is 9.10. The zero-order valence-electron chi connectivity index (χ0n) is 12.5. The molecule has 0 radical (unpaired) electrons. The summed E-state index contributed by atoms with van der Waals surface area (Å²) in [4.78, 5) is 13.9. The number of nitriles is 1. The Morgan fingerprint density at radius 1 is 1.45 bits per heavy atom. The van der Waals surface area contributed by atoms with Gasteiger partial charge in [0, 0.05) is 36.1 Å². The van der Waals surface area contributed by atoms with Crippen LogP contribution in [0.5, 0.6) is 0 Å². The highest BCUT2D eigenvalue weighted by Gasteiger charge is 2.62. The standard InChI is InChI=1S/C17H17BrN2O2/c1-20(2)12-5-6-13(14(18)8-12)15-10-3-4-11(7-10)17(15,9-19)16(21)22/h3-6,8,10-11,15H,7H2,1-2H3,(H,21,22)/t10-,11-,15+,17-/m0/s1. The number of carbonyl (C=O) groups is 1. The number of carboxylic acids is 1. The van der Waals surface area contributed by atoms with Crippen LogP contribution in [-0.4, -0.2) is 25.2 Å². The number of carboxylic acid groups (broad SMARTS) is 1. The lowest BCUT2D eigenvalue weighted by atomic mass is 9.67. The SMILES string of the molecule is CN(C)c1ccc([C@H]2[C@H]3C=C[C@@H](C3)[C@]2(C#N)C(=O)O)c(Br)c1. The Hall–Kier alpha value is -1.80. The smallest absolute Gasteiger partial charge is 0.325 e. The predicted molar refractivity (Wildman–Crippen MR) is 87.6 cm³/mol. The molecule has 1 N–H and O–H groups in total. The number of halogens is 1. The van der Waals surface area contributed by atoms with Gasteiger partial charge in [0.25, 0.3) is 0 Å². The molecule has 114 valence electrons. The monoisotopic (exact) mass is 360 g/mol. The molecule has 2 aliphatic rings. The lowest BCUT2D eigenvalue weighted by Crippen LogP contribution is -2.39. The highest BCUT2D eigenvalue weighted by Crippen LogP contribution is 2.61. The first-order chi connectivity index (χ1) is 10.4. The molecule has 1 fully saturated rings. The maximum absolute atomic E-state index is 11.9. The van der Waals surface area contributed by atoms with Crippen molar-refractivity contribution < 1.29 is 9.90 Å². The Labute approximate surface area is 138 Å². The average molecular weight is 361 g/mol. The second-order valence-corrected chi connectivity index (χ2v) is 7.11. The topological polar surface area (TPSA) is 64.3 Å². The molecule has 0 aliphatic heterocycles. The Morgan fingerprint density at radius 3 is 2.73 bits per heavy atom. The van der Waals surface area contributed by atoms with Crippen LogP contribution in [0, 0.1) is 28.6 Å². The van der Waals surface area contributed by atoms with Crippen LogP contribution in [0.2, 0.25) is 0 Å². The quantitative estimate of drug-likeness (QED) is 0.839. The number of benzene rings is 1. The molecule has 1 saturated carbocycles. The van der Waals surface area contributed by atoms with Crippen LogP contribution in [0.15, 0.2) is 34.8 Å². The molecule has 0 unspecified atom stereocenters. The van der Waals surface area contributed by atoms with E-state index < -0.39 is 11.4 Å². The molecule has 0 amide bonds. The summed E-state index contributed by atoms with van der Waals surface area (Å²) in [5, 5.41) is 19.5. The minimum atomic E-state index is -1.36. The summed E-state index contributed by atoms with van der Waals surface area (Å²) in [6.45, 7) is 0. The normalized spacial score (nSPS) is 32.0. The van der Waals surface area contributed by atoms with E-state index in [1.807, 2.05) is 43.3 Å². The minimum Gasteiger partial charge on any atom is -0.480 e. The van der Waals surface area contributed by atoms with E-state index in [-0.39, 0.29) is 17.8 Å². The van der Waals surface area contributed by atoms with Gasteiger partial charge >= 0.3 is 5.97 Å². The van der Waals surface area contributed by atoms with E-state index in [2.05, 4.69) is 28.1 Å². The summed E-state index contributed by atoms with van der Waals surface area (Å²) in [6, 6.07) is 8.04. The van der Waals surface area contributed by atoms with Crippen LogP contribution < -0.4 is 4.90 Å². The van der Waals surface area contributed by atoms with E-state index in [9.17, 15) is 15.2 Å². The molecule has 3 rings (SSSR count). The first-order valence-corrected chi connectivity index (χ1v) is 8.01. The molecular formula is C17H17BrN2O2. The fourth-order valence-corrected chi connectivity index (χ4v) is 4.51. The third kappa shape index (κ3) is 1.90. The molecule has 2 bridgehead atoms. The molecule has 5 heteroatoms. The Bertz CT molecular complexity index is 707. The van der Waals surface area contributed by atoms with Crippen molar-refractivity contribution in [2.24, 2.45) is 17.3 Å². The molecule has 0 aromatic heterocycles. The zero-order chi connectivity index (χ0) is 16.1. The van der Waals surface area contributed by atoms with Gasteiger partial charge in [0.05, 0.1) is 6.07 Å². The summed E-state index contributed by atoms with van der Waals surface area (Å²) in [7, 11) is 3.91. The van der Waals surface area contributed by atoms with E-state index in [4.69, 9.17) is 0 Å². The van der Waals surface area contributed by atoms with Crippen molar-refractivity contribution in [3.8, 4) is 6.07 Å². The first kappa shape index (κ1) is 15.1. The largest absolute Gasteiger partial charge is 0.480 e. The molecule has 4 nitrogen and oxygen atoms in total. The predicted octanol–water partition coefficient (Wildman–Crippen LogP) is 3.40. The van der Waals surface area contributed by atoms with Gasteiger partial charge in [-0.3, -0.25) is 4.79 Å². The van der Waals surface area contributed by atoms with Crippen LogP contribution in [0.3, 0.4) is 0 Å². The highest BCUT2D eigenvalue weighted by atomic mass is 79.9. The molecule has 4 atom stereocenters. The van der Waals surface area contributed by atoms with Gasteiger partial charge in [-0.25, -0.2) is 0 Å². The molecule has 0 saturated heterocycles. The van der Waals surface area contributed by atoms with Crippen LogP contribution >= 0.6 is 15.9 Å². The Morgan fingerprint density at radius 2 is 2.18 bits per heavy atom. The van der Waals surface area contributed by atoms with Gasteiger partial charge < -0.3 is 10.0 Å². The molecular weight excluding hydrogens is 344 g/mol. The number of rotatable bonds is 3. The maximum Gasteiger partial charge on any atom is 0.325 e. The summed E-state index contributed by atoms with van der Waals surface area (Å²) in [5.41, 5.74) is 0.584. The maximum atomic E-state index is 11.9. The van der Waals surface area contributed by atoms with Gasteiger partial charge in [-0.2, -0.15) is 5.26 Å². The Kier molecular flexibility index (Phi) is 3.53. The number of hydrogen-bond donors (Lipinski definition) is 1. The minimum absolute atomic E-state index is 0.113. The molecule has 0 spiro atoms. The van der Waals surface area contributed by atoms with Crippen molar-refractivity contribution in [3.63, 3.8) is 0 Å². The number of nitrogens with zero attached hydrogens (tertiary/aromatic N) is 2. The summed E-state index contributed by atoms with van der Waals surface area (Å²) >= 11 is 3.57. The van der Waals surface area contributed by atoms with Crippen molar-refractivity contribution in [1.29, 1.82) is 5.26 Å². The summed E-state index contributed by atoms with van der Waals surface area (Å²) < 4.78 is 0.866. The van der Waals surface area contributed by atoms with Crippen LogP contribution in [-0.2, 0) is 4.79 Å². The third-order valence-corrected chi connectivity index (χ3v) is 5.68. The van der Waals surface area contributed by atoms with Crippen molar-refractivity contribution in [3.05, 3.63) is 40.4 Å². The second kappa shape index (κ2) is 5.13. The number of aliphatic carboxylic acids is 1. The summed E-state index contributed by atoms with van der Waals surface area (Å²) in [6.07, 6.45) is 4.72. The number of anilines is 1. The third-order valence-electron chi connectivity index (χ3n) is 4.99. The van der Waals surface area contributed by atoms with Crippen molar-refractivity contribution in [1.82, 2.24) is 0 Å². The number of allylic oxidation sites excluding steroid dienone is 2. The van der Waals surface area contributed by atoms with Gasteiger partial charge in [0.2, 0.25) is 0 Å². The van der Waals surface area contributed by atoms with Crippen molar-refractivity contribution >= 4 is 27.6 Å². The average Bonchev–Trinajstić information content (AvgIpc) is 3.06. The van der Waals surface area contributed by atoms with Crippen LogP contribution in [0.25, 0.3) is 0 Å². The van der Waals surface area contributed by atoms with Gasteiger partial charge in [0.15, 0.2) is 5.41 Å². The van der Waals surface area contributed by atoms with Gasteiger partial charge in [-0.1, -0.05) is 34.1 Å². The van der Waals surface area contributed by atoms with E-state index in [0.29, 0.717) is 0 Å². The molecule has 22 heavy (non-hydrogen) atoms. The lowest BCUT2D eigenvalue weighted by molar-refractivity contribution is -0.147.